The molecule has 2 heterocycles. The largest absolute Gasteiger partial charge is 0.324 e. The first kappa shape index (κ1) is 15.8. The van der Waals surface area contributed by atoms with E-state index in [1.165, 1.54) is 11.8 Å². The van der Waals surface area contributed by atoms with E-state index in [2.05, 4.69) is 20.3 Å². The molecule has 5 nitrogen and oxygen atoms in total. The Kier molecular flexibility index (Phi) is 5.58. The zero-order chi connectivity index (χ0) is 15.2. The third kappa shape index (κ3) is 5.02. The molecule has 0 bridgehead atoms. The predicted molar refractivity (Wildman–Crippen MR) is 86.9 cm³/mol. The van der Waals surface area contributed by atoms with E-state index in [-0.39, 0.29) is 11.7 Å². The maximum absolute atomic E-state index is 11.9. The van der Waals surface area contributed by atoms with Crippen molar-refractivity contribution in [3.63, 3.8) is 0 Å². The molecule has 0 fully saturated rings. The molecule has 0 radical (unpaired) electrons. The van der Waals surface area contributed by atoms with Crippen molar-refractivity contribution < 1.29 is 4.79 Å². The summed E-state index contributed by atoms with van der Waals surface area (Å²) < 4.78 is 0. The molecule has 1 amide bonds. The number of rotatable bonds is 5. The average molecular weight is 320 g/mol. The van der Waals surface area contributed by atoms with Crippen molar-refractivity contribution in [2.45, 2.75) is 24.0 Å². The van der Waals surface area contributed by atoms with Crippen molar-refractivity contribution in [1.29, 1.82) is 0 Å². The fraction of sp³-hybridized carbons (Fsp3) is 0.286. The van der Waals surface area contributed by atoms with Crippen LogP contribution >= 0.6 is 23.5 Å². The van der Waals surface area contributed by atoms with Gasteiger partial charge in [-0.2, -0.15) is 0 Å². The molecule has 0 atom stereocenters. The molecule has 0 aromatic carbocycles. The Bertz CT molecular complexity index is 611. The van der Waals surface area contributed by atoms with Gasteiger partial charge in [-0.25, -0.2) is 15.0 Å². The minimum atomic E-state index is -0.0959. The van der Waals surface area contributed by atoms with Crippen LogP contribution in [0.3, 0.4) is 0 Å². The number of anilines is 1. The number of thioether (sulfide) groups is 2. The highest BCUT2D eigenvalue weighted by atomic mass is 32.2. The number of pyridine rings is 1. The second-order valence-electron chi connectivity index (χ2n) is 4.36. The van der Waals surface area contributed by atoms with Crippen molar-refractivity contribution in [2.24, 2.45) is 0 Å². The molecule has 1 N–H and O–H groups in total. The zero-order valence-electron chi connectivity index (χ0n) is 12.1. The molecule has 0 saturated carbocycles. The summed E-state index contributed by atoms with van der Waals surface area (Å²) in [5, 5.41) is 4.35. The second-order valence-corrected chi connectivity index (χ2v) is 6.13. The number of carbonyl (C=O) groups is 1. The number of hydrogen-bond donors (Lipinski definition) is 1. The van der Waals surface area contributed by atoms with Gasteiger partial charge in [0, 0.05) is 11.4 Å². The molecule has 2 rings (SSSR count). The Morgan fingerprint density at radius 2 is 1.95 bits per heavy atom. The van der Waals surface area contributed by atoms with Crippen molar-refractivity contribution in [1.82, 2.24) is 15.0 Å². The monoisotopic (exact) mass is 320 g/mol. The van der Waals surface area contributed by atoms with Crippen molar-refractivity contribution in [3.05, 3.63) is 35.8 Å². The van der Waals surface area contributed by atoms with E-state index in [1.54, 1.807) is 18.0 Å². The van der Waals surface area contributed by atoms with Crippen LogP contribution in [0.1, 0.15) is 11.4 Å². The van der Waals surface area contributed by atoms with Gasteiger partial charge in [-0.1, -0.05) is 11.8 Å². The predicted octanol–water partition coefficient (Wildman–Crippen LogP) is 2.94. The minimum absolute atomic E-state index is 0.0959. The summed E-state index contributed by atoms with van der Waals surface area (Å²) >= 11 is 2.89. The molecule has 0 saturated heterocycles. The second kappa shape index (κ2) is 7.42. The van der Waals surface area contributed by atoms with Gasteiger partial charge >= 0.3 is 0 Å². The molecule has 110 valence electrons. The Hall–Kier alpha value is -1.60. The van der Waals surface area contributed by atoms with Gasteiger partial charge in [0.15, 0.2) is 5.16 Å². The van der Waals surface area contributed by atoms with E-state index in [9.17, 15) is 4.79 Å². The summed E-state index contributed by atoms with van der Waals surface area (Å²) in [5.41, 5.74) is 2.50. The number of nitrogens with zero attached hydrogens (tertiary/aromatic N) is 3. The lowest BCUT2D eigenvalue weighted by Gasteiger charge is -2.05. The lowest BCUT2D eigenvalue weighted by Crippen LogP contribution is -2.14. The standard InChI is InChI=1S/C14H16N4OS2/c1-9-6-10(2)17-14(16-9)21-8-12(19)18-11-4-5-13(20-3)15-7-11/h4-7H,8H2,1-3H3,(H,18,19). The fourth-order valence-corrected chi connectivity index (χ4v) is 2.77. The van der Waals surface area contributed by atoms with Crippen LogP contribution in [0.5, 0.6) is 0 Å². The quantitative estimate of drug-likeness (QED) is 0.675. The Labute approximate surface area is 132 Å². The van der Waals surface area contributed by atoms with Gasteiger partial charge in [0.1, 0.15) is 0 Å². The van der Waals surface area contributed by atoms with Crippen LogP contribution in [0.4, 0.5) is 5.69 Å². The van der Waals surface area contributed by atoms with Crippen LogP contribution in [0.25, 0.3) is 0 Å². The van der Waals surface area contributed by atoms with Gasteiger partial charge in [-0.05, 0) is 38.3 Å². The van der Waals surface area contributed by atoms with E-state index < -0.39 is 0 Å². The van der Waals surface area contributed by atoms with Crippen LogP contribution in [0, 0.1) is 13.8 Å². The Balaban J connectivity index is 1.89. The third-order valence-electron chi connectivity index (χ3n) is 2.52. The fourth-order valence-electron chi connectivity index (χ4n) is 1.66. The molecule has 2 aromatic heterocycles. The molecule has 0 aliphatic carbocycles. The molecule has 0 aliphatic rings. The highest BCUT2D eigenvalue weighted by Gasteiger charge is 2.07. The van der Waals surface area contributed by atoms with E-state index in [0.717, 1.165) is 16.4 Å². The molecule has 0 aliphatic heterocycles. The third-order valence-corrected chi connectivity index (χ3v) is 4.03. The normalized spacial score (nSPS) is 10.4. The van der Waals surface area contributed by atoms with Crippen LogP contribution in [-0.2, 0) is 4.79 Å². The van der Waals surface area contributed by atoms with Crippen molar-refractivity contribution in [2.75, 3.05) is 17.3 Å². The van der Waals surface area contributed by atoms with Crippen LogP contribution in [0.15, 0.2) is 34.6 Å². The number of amides is 1. The molecule has 7 heteroatoms. The smallest absolute Gasteiger partial charge is 0.234 e. The molecule has 21 heavy (non-hydrogen) atoms. The highest BCUT2D eigenvalue weighted by molar-refractivity contribution is 7.99. The van der Waals surface area contributed by atoms with Gasteiger partial charge < -0.3 is 5.32 Å². The number of carbonyl (C=O) groups excluding carboxylic acids is 1. The lowest BCUT2D eigenvalue weighted by molar-refractivity contribution is -0.113. The first-order valence-electron chi connectivity index (χ1n) is 6.32. The van der Waals surface area contributed by atoms with Crippen LogP contribution in [0.2, 0.25) is 0 Å². The SMILES string of the molecule is CSc1ccc(NC(=O)CSc2nc(C)cc(C)n2)cn1. The Morgan fingerprint density at radius 3 is 2.52 bits per heavy atom. The zero-order valence-corrected chi connectivity index (χ0v) is 13.7. The Morgan fingerprint density at radius 1 is 1.24 bits per heavy atom. The summed E-state index contributed by atoms with van der Waals surface area (Å²) in [6.07, 6.45) is 3.61. The maximum atomic E-state index is 11.9. The first-order valence-corrected chi connectivity index (χ1v) is 8.53. The van der Waals surface area contributed by atoms with Gasteiger partial charge in [0.2, 0.25) is 5.91 Å². The summed E-state index contributed by atoms with van der Waals surface area (Å²) in [6, 6.07) is 5.62. The molecule has 0 unspecified atom stereocenters. The van der Waals surface area contributed by atoms with Gasteiger partial charge in [-0.3, -0.25) is 4.79 Å². The minimum Gasteiger partial charge on any atom is -0.324 e. The molecule has 2 aromatic rings. The van der Waals surface area contributed by atoms with E-state index in [4.69, 9.17) is 0 Å². The number of aryl methyl sites for hydroxylation is 2. The number of hydrogen-bond acceptors (Lipinski definition) is 6. The summed E-state index contributed by atoms with van der Waals surface area (Å²) in [4.78, 5) is 24.7. The topological polar surface area (TPSA) is 67.8 Å². The highest BCUT2D eigenvalue weighted by Crippen LogP contribution is 2.16. The van der Waals surface area contributed by atoms with E-state index in [1.807, 2.05) is 38.3 Å². The average Bonchev–Trinajstić information content (AvgIpc) is 2.45. The first-order chi connectivity index (χ1) is 10.1. The van der Waals surface area contributed by atoms with Crippen molar-refractivity contribution >= 4 is 35.1 Å². The van der Waals surface area contributed by atoms with Crippen molar-refractivity contribution in [3.8, 4) is 0 Å². The summed E-state index contributed by atoms with van der Waals surface area (Å²) in [6.45, 7) is 3.83. The summed E-state index contributed by atoms with van der Waals surface area (Å²) in [5.74, 6) is 0.175. The molecule has 0 spiro atoms. The number of nitrogens with one attached hydrogen (secondary N) is 1. The number of aromatic nitrogens is 3. The molecular weight excluding hydrogens is 304 g/mol. The van der Waals surface area contributed by atoms with E-state index >= 15 is 0 Å². The lowest BCUT2D eigenvalue weighted by atomic mass is 10.4. The van der Waals surface area contributed by atoms with Crippen LogP contribution in [-0.4, -0.2) is 32.9 Å². The van der Waals surface area contributed by atoms with Gasteiger partial charge in [0.25, 0.3) is 0 Å². The van der Waals surface area contributed by atoms with Gasteiger partial charge in [-0.15, -0.1) is 11.8 Å². The summed E-state index contributed by atoms with van der Waals surface area (Å²) in [7, 11) is 0. The van der Waals surface area contributed by atoms with E-state index in [0.29, 0.717) is 10.8 Å². The van der Waals surface area contributed by atoms with Crippen LogP contribution < -0.4 is 5.32 Å². The molecular formula is C14H16N4OS2. The van der Waals surface area contributed by atoms with Gasteiger partial charge in [0.05, 0.1) is 22.7 Å². The maximum Gasteiger partial charge on any atom is 0.234 e.